The third-order valence-electron chi connectivity index (χ3n) is 4.95. The maximum absolute atomic E-state index is 13.2. The Balaban J connectivity index is 1.59. The Hall–Kier alpha value is -4.38. The van der Waals surface area contributed by atoms with Gasteiger partial charge in [-0.3, -0.25) is 29.9 Å². The van der Waals surface area contributed by atoms with Crippen LogP contribution in [-0.4, -0.2) is 32.4 Å². The molecule has 1 saturated heterocycles. The van der Waals surface area contributed by atoms with Crippen LogP contribution in [0.15, 0.2) is 89.1 Å². The van der Waals surface area contributed by atoms with Gasteiger partial charge in [0.2, 0.25) is 5.91 Å². The number of benzene rings is 3. The first kappa shape index (κ1) is 22.8. The molecule has 0 saturated carbocycles. The molecule has 1 aliphatic heterocycles. The molecule has 0 radical (unpaired) electrons. The van der Waals surface area contributed by atoms with Crippen molar-refractivity contribution in [1.82, 2.24) is 0 Å². The van der Waals surface area contributed by atoms with Gasteiger partial charge in [-0.1, -0.05) is 42.1 Å². The van der Waals surface area contributed by atoms with Crippen LogP contribution in [0.3, 0.4) is 0 Å². The summed E-state index contributed by atoms with van der Waals surface area (Å²) >= 11 is 1.23. The molecule has 1 heterocycles. The fraction of sp³-hybridized carbons (Fsp3) is 0.0870. The molecule has 1 fully saturated rings. The van der Waals surface area contributed by atoms with Crippen LogP contribution in [0.25, 0.3) is 0 Å². The lowest BCUT2D eigenvalue weighted by atomic mass is 10.1. The summed E-state index contributed by atoms with van der Waals surface area (Å²) in [5, 5.41) is 30.0. The van der Waals surface area contributed by atoms with Gasteiger partial charge >= 0.3 is 0 Å². The van der Waals surface area contributed by atoms with Gasteiger partial charge in [-0.15, -0.1) is 5.10 Å². The lowest BCUT2D eigenvalue weighted by Crippen LogP contribution is -2.32. The molecule has 0 spiro atoms. The zero-order valence-corrected chi connectivity index (χ0v) is 18.4. The number of carbonyl (C=O) groups excluding carboxylic acids is 1. The van der Waals surface area contributed by atoms with E-state index in [9.17, 15) is 25.0 Å². The number of amidine groups is 1. The van der Waals surface area contributed by atoms with E-state index in [4.69, 9.17) is 0 Å². The molecule has 170 valence electrons. The number of nitro groups is 2. The van der Waals surface area contributed by atoms with Gasteiger partial charge < -0.3 is 0 Å². The van der Waals surface area contributed by atoms with Crippen LogP contribution in [0.5, 0.6) is 0 Å². The van der Waals surface area contributed by atoms with Gasteiger partial charge in [-0.2, -0.15) is 5.10 Å². The second-order valence-corrected chi connectivity index (χ2v) is 8.39. The topological polar surface area (TPSA) is 131 Å². The highest BCUT2D eigenvalue weighted by atomic mass is 32.2. The molecule has 0 N–H and O–H groups in total. The molecule has 1 atom stereocenters. The molecule has 0 aromatic heterocycles. The van der Waals surface area contributed by atoms with Gasteiger partial charge in [-0.25, -0.2) is 0 Å². The number of nitrogens with zero attached hydrogens (tertiary/aromatic N) is 5. The zero-order chi connectivity index (χ0) is 24.1. The van der Waals surface area contributed by atoms with E-state index >= 15 is 0 Å². The minimum absolute atomic E-state index is 0.0281. The van der Waals surface area contributed by atoms with E-state index in [1.165, 1.54) is 47.1 Å². The molecule has 3 aromatic rings. The fourth-order valence-electron chi connectivity index (χ4n) is 3.32. The summed E-state index contributed by atoms with van der Waals surface area (Å²) in [6, 6.07) is 21.1. The van der Waals surface area contributed by atoms with Gasteiger partial charge in [0.05, 0.1) is 27.0 Å². The average molecular weight is 475 g/mol. The van der Waals surface area contributed by atoms with Crippen molar-refractivity contribution in [2.45, 2.75) is 11.7 Å². The maximum Gasteiger partial charge on any atom is 0.269 e. The van der Waals surface area contributed by atoms with Gasteiger partial charge in [0.1, 0.15) is 0 Å². The summed E-state index contributed by atoms with van der Waals surface area (Å²) in [6.07, 6.45) is 1.73. The number of non-ortho nitro benzene ring substituents is 2. The molecule has 1 amide bonds. The van der Waals surface area contributed by atoms with Crippen molar-refractivity contribution >= 4 is 46.1 Å². The van der Waals surface area contributed by atoms with Crippen LogP contribution in [0, 0.1) is 20.2 Å². The van der Waals surface area contributed by atoms with E-state index in [1.54, 1.807) is 48.5 Å². The van der Waals surface area contributed by atoms with Crippen LogP contribution in [0.4, 0.5) is 17.1 Å². The lowest BCUT2D eigenvalue weighted by Gasteiger charge is -2.15. The Labute approximate surface area is 197 Å². The first-order chi connectivity index (χ1) is 16.4. The van der Waals surface area contributed by atoms with Gasteiger partial charge in [0, 0.05) is 24.3 Å². The lowest BCUT2D eigenvalue weighted by molar-refractivity contribution is -0.385. The van der Waals surface area contributed by atoms with Crippen molar-refractivity contribution in [3.63, 3.8) is 0 Å². The largest absolute Gasteiger partial charge is 0.273 e. The number of amides is 1. The average Bonchev–Trinajstić information content (AvgIpc) is 3.14. The molecular weight excluding hydrogens is 458 g/mol. The predicted molar refractivity (Wildman–Crippen MR) is 130 cm³/mol. The predicted octanol–water partition coefficient (Wildman–Crippen LogP) is 4.58. The van der Waals surface area contributed by atoms with Crippen molar-refractivity contribution in [3.05, 3.63) is 110 Å². The smallest absolute Gasteiger partial charge is 0.269 e. The van der Waals surface area contributed by atoms with Crippen LogP contribution >= 0.6 is 11.8 Å². The van der Waals surface area contributed by atoms with Crippen molar-refractivity contribution in [2.24, 2.45) is 10.2 Å². The monoisotopic (exact) mass is 475 g/mol. The number of rotatable bonds is 7. The minimum Gasteiger partial charge on any atom is -0.273 e. The number of thioether (sulfide) groups is 1. The summed E-state index contributed by atoms with van der Waals surface area (Å²) in [7, 11) is 0. The molecule has 0 unspecified atom stereocenters. The van der Waals surface area contributed by atoms with Crippen LogP contribution in [-0.2, 0) is 11.2 Å². The molecule has 34 heavy (non-hydrogen) atoms. The fourth-order valence-corrected chi connectivity index (χ4v) is 4.45. The van der Waals surface area contributed by atoms with Crippen LogP contribution in [0.2, 0.25) is 0 Å². The Morgan fingerprint density at radius 1 is 0.912 bits per heavy atom. The second-order valence-electron chi connectivity index (χ2n) is 7.22. The van der Waals surface area contributed by atoms with Crippen molar-refractivity contribution in [2.75, 3.05) is 4.90 Å². The highest BCUT2D eigenvalue weighted by Crippen LogP contribution is 2.34. The van der Waals surface area contributed by atoms with Gasteiger partial charge in [-0.05, 0) is 41.8 Å². The van der Waals surface area contributed by atoms with Gasteiger partial charge in [0.15, 0.2) is 5.17 Å². The molecule has 3 aromatic carbocycles. The first-order valence-electron chi connectivity index (χ1n) is 10.1. The van der Waals surface area contributed by atoms with Crippen LogP contribution < -0.4 is 4.90 Å². The molecule has 0 aliphatic carbocycles. The summed E-state index contributed by atoms with van der Waals surface area (Å²) in [5.41, 5.74) is 1.85. The van der Waals surface area contributed by atoms with E-state index in [0.717, 1.165) is 0 Å². The summed E-state index contributed by atoms with van der Waals surface area (Å²) in [6.45, 7) is 0. The third-order valence-corrected chi connectivity index (χ3v) is 6.07. The SMILES string of the molecule is O=C1[C@H](Cc2cccc([N+](=O)[O-])c2)S/C(=N\N=C/c2ccc([N+](=O)[O-])cc2)N1c1ccccc1. The van der Waals surface area contributed by atoms with E-state index in [-0.39, 0.29) is 17.3 Å². The Bertz CT molecular complexity index is 1290. The van der Waals surface area contributed by atoms with E-state index in [1.807, 2.05) is 6.07 Å². The molecule has 4 rings (SSSR count). The Kier molecular flexibility index (Phi) is 6.74. The second kappa shape index (κ2) is 10.0. The number of carbonyl (C=O) groups is 1. The highest BCUT2D eigenvalue weighted by Gasteiger charge is 2.39. The summed E-state index contributed by atoms with van der Waals surface area (Å²) in [5.74, 6) is -0.202. The minimum atomic E-state index is -0.532. The van der Waals surface area contributed by atoms with Crippen molar-refractivity contribution in [3.8, 4) is 0 Å². The van der Waals surface area contributed by atoms with E-state index in [2.05, 4.69) is 10.2 Å². The summed E-state index contributed by atoms with van der Waals surface area (Å²) in [4.78, 5) is 35.6. The van der Waals surface area contributed by atoms with E-state index in [0.29, 0.717) is 28.4 Å². The van der Waals surface area contributed by atoms with E-state index < -0.39 is 15.1 Å². The van der Waals surface area contributed by atoms with Crippen molar-refractivity contribution < 1.29 is 14.6 Å². The highest BCUT2D eigenvalue weighted by molar-refractivity contribution is 8.16. The molecular formula is C23H17N5O5S. The third kappa shape index (κ3) is 5.15. The number of anilines is 1. The molecule has 1 aliphatic rings. The zero-order valence-electron chi connectivity index (χ0n) is 17.6. The first-order valence-corrected chi connectivity index (χ1v) is 10.9. The standard InChI is InChI=1S/C23H17N5O5S/c29-22-21(14-17-5-4-8-20(13-17)28(32)33)34-23(26(22)18-6-2-1-3-7-18)25-24-15-16-9-11-19(12-10-16)27(30)31/h1-13,15,21H,14H2/b24-15-,25-23-/t21-/m0/s1. The molecule has 0 bridgehead atoms. The number of hydrogen-bond acceptors (Lipinski definition) is 8. The number of para-hydroxylation sites is 1. The quantitative estimate of drug-likeness (QED) is 0.279. The molecule has 10 nitrogen and oxygen atoms in total. The van der Waals surface area contributed by atoms with Crippen molar-refractivity contribution in [1.29, 1.82) is 0 Å². The van der Waals surface area contributed by atoms with Gasteiger partial charge in [0.25, 0.3) is 11.4 Å². The number of nitro benzene ring substituents is 2. The van der Waals surface area contributed by atoms with Crippen LogP contribution in [0.1, 0.15) is 11.1 Å². The normalized spacial score (nSPS) is 16.9. The maximum atomic E-state index is 13.2. The summed E-state index contributed by atoms with van der Waals surface area (Å²) < 4.78 is 0. The number of hydrogen-bond donors (Lipinski definition) is 0. The Morgan fingerprint density at radius 2 is 1.62 bits per heavy atom. The molecule has 11 heteroatoms. The Morgan fingerprint density at radius 3 is 2.29 bits per heavy atom.